The lowest BCUT2D eigenvalue weighted by Gasteiger charge is -2.22. The number of hydrogen-bond acceptors (Lipinski definition) is 8. The van der Waals surface area contributed by atoms with Crippen molar-refractivity contribution < 1.29 is 23.9 Å². The van der Waals surface area contributed by atoms with Gasteiger partial charge in [0.05, 0.1) is 12.9 Å². The van der Waals surface area contributed by atoms with Crippen molar-refractivity contribution in [3.63, 3.8) is 0 Å². The minimum Gasteiger partial charge on any atom is -0.450 e. The first-order valence-corrected chi connectivity index (χ1v) is 10.9. The molecule has 0 fully saturated rings. The van der Waals surface area contributed by atoms with Gasteiger partial charge in [0.25, 0.3) is 0 Å². The second-order valence-electron chi connectivity index (χ2n) is 7.25. The third-order valence-corrected chi connectivity index (χ3v) is 4.66. The Morgan fingerprint density at radius 2 is 1.91 bits per heavy atom. The van der Waals surface area contributed by atoms with Crippen LogP contribution in [-0.4, -0.2) is 69.2 Å². The normalized spacial score (nSPS) is 10.5. The smallest absolute Gasteiger partial charge is 0.410 e. The van der Waals surface area contributed by atoms with Crippen LogP contribution in [0.4, 0.5) is 15.4 Å². The molecule has 0 aliphatic heterocycles. The quantitative estimate of drug-likeness (QED) is 0.362. The maximum atomic E-state index is 12.7. The van der Waals surface area contributed by atoms with Crippen LogP contribution in [0.3, 0.4) is 0 Å². The molecule has 12 nitrogen and oxygen atoms in total. The van der Waals surface area contributed by atoms with Crippen LogP contribution < -0.4 is 10.6 Å². The highest BCUT2D eigenvalue weighted by atomic mass is 16.6. The Morgan fingerprint density at radius 3 is 2.71 bits per heavy atom. The predicted octanol–water partition coefficient (Wildman–Crippen LogP) is 2.46. The first-order valence-electron chi connectivity index (χ1n) is 10.9. The molecule has 0 saturated heterocycles. The van der Waals surface area contributed by atoms with Gasteiger partial charge in [0, 0.05) is 13.1 Å². The summed E-state index contributed by atoms with van der Waals surface area (Å²) in [6.45, 7) is 2.15. The van der Waals surface area contributed by atoms with Crippen LogP contribution in [0, 0.1) is 0 Å². The number of amides is 3. The van der Waals surface area contributed by atoms with Crippen LogP contribution in [0.15, 0.2) is 43.0 Å². The van der Waals surface area contributed by atoms with Crippen molar-refractivity contribution >= 4 is 35.1 Å². The van der Waals surface area contributed by atoms with E-state index in [0.717, 1.165) is 18.4 Å². The van der Waals surface area contributed by atoms with E-state index in [1.165, 1.54) is 17.6 Å². The molecule has 12 heteroatoms. The summed E-state index contributed by atoms with van der Waals surface area (Å²) in [6, 6.07) is 9.17. The molecule has 34 heavy (non-hydrogen) atoms. The highest BCUT2D eigenvalue weighted by Gasteiger charge is 2.20. The van der Waals surface area contributed by atoms with Gasteiger partial charge in [-0.15, -0.1) is 0 Å². The van der Waals surface area contributed by atoms with Crippen molar-refractivity contribution in [1.82, 2.24) is 30.2 Å². The molecule has 3 amide bonds. The monoisotopic (exact) mass is 469 g/mol. The Balaban J connectivity index is 1.58. The number of aromatic nitrogens is 4. The molecule has 0 radical (unpaired) electrons. The Kier molecular flexibility index (Phi) is 9.14. The minimum atomic E-state index is -0.700. The Bertz CT molecular complexity index is 1090. The number of alkyl carbamates (subject to hydrolysis) is 1. The number of carbonyl (C=O) groups excluding carboxylic acids is 3. The maximum absolute atomic E-state index is 12.7. The van der Waals surface area contributed by atoms with E-state index in [4.69, 9.17) is 9.47 Å². The summed E-state index contributed by atoms with van der Waals surface area (Å²) in [5, 5.41) is 5.21. The molecule has 0 spiro atoms. The maximum Gasteiger partial charge on any atom is 0.410 e. The highest BCUT2D eigenvalue weighted by molar-refractivity contribution is 5.98. The summed E-state index contributed by atoms with van der Waals surface area (Å²) in [5.41, 5.74) is 1.67. The fourth-order valence-corrected chi connectivity index (χ4v) is 2.90. The molecule has 3 aromatic rings. The summed E-state index contributed by atoms with van der Waals surface area (Å²) in [4.78, 5) is 53.2. The number of ether oxygens (including phenoxy) is 2. The molecule has 0 saturated carbocycles. The number of hydrogen-bond donors (Lipinski definition) is 3. The topological polar surface area (TPSA) is 151 Å². The molecule has 0 atom stereocenters. The third-order valence-electron chi connectivity index (χ3n) is 4.66. The van der Waals surface area contributed by atoms with E-state index < -0.39 is 18.1 Å². The molecule has 0 aliphatic rings. The fourth-order valence-electron chi connectivity index (χ4n) is 2.90. The van der Waals surface area contributed by atoms with Crippen molar-refractivity contribution in [3.05, 3.63) is 48.5 Å². The molecular formula is C22H27N7O5. The van der Waals surface area contributed by atoms with Gasteiger partial charge in [-0.3, -0.25) is 9.69 Å². The van der Waals surface area contributed by atoms with Crippen LogP contribution in [0.1, 0.15) is 25.3 Å². The second-order valence-corrected chi connectivity index (χ2v) is 7.25. The van der Waals surface area contributed by atoms with Crippen molar-refractivity contribution in [2.45, 2.75) is 26.4 Å². The average molecular weight is 470 g/mol. The SMILES string of the molecule is CCCCOC(=O)NCCN(CC(=O)Nc1ncnc2nc[nH]c12)C(=O)OCc1ccccc1. The number of rotatable bonds is 11. The lowest BCUT2D eigenvalue weighted by Crippen LogP contribution is -2.43. The van der Waals surface area contributed by atoms with Gasteiger partial charge in [-0.1, -0.05) is 43.7 Å². The molecule has 180 valence electrons. The summed E-state index contributed by atoms with van der Waals surface area (Å²) >= 11 is 0. The van der Waals surface area contributed by atoms with Crippen LogP contribution in [-0.2, 0) is 20.9 Å². The molecule has 0 unspecified atom stereocenters. The van der Waals surface area contributed by atoms with Crippen molar-refractivity contribution in [1.29, 1.82) is 0 Å². The number of carbonyl (C=O) groups is 3. The molecule has 2 aromatic heterocycles. The lowest BCUT2D eigenvalue weighted by molar-refractivity contribution is -0.117. The molecular weight excluding hydrogens is 442 g/mol. The fraction of sp³-hybridized carbons (Fsp3) is 0.364. The minimum absolute atomic E-state index is 0.0349. The van der Waals surface area contributed by atoms with Gasteiger partial charge >= 0.3 is 12.2 Å². The van der Waals surface area contributed by atoms with E-state index in [1.807, 2.05) is 37.3 Å². The van der Waals surface area contributed by atoms with Gasteiger partial charge in [-0.25, -0.2) is 24.5 Å². The van der Waals surface area contributed by atoms with Gasteiger partial charge in [0.2, 0.25) is 5.91 Å². The zero-order valence-corrected chi connectivity index (χ0v) is 18.8. The first-order chi connectivity index (χ1) is 16.6. The van der Waals surface area contributed by atoms with E-state index >= 15 is 0 Å². The molecule has 1 aromatic carbocycles. The number of benzene rings is 1. The molecule has 0 aliphatic carbocycles. The average Bonchev–Trinajstić information content (AvgIpc) is 3.33. The Morgan fingerprint density at radius 1 is 1.09 bits per heavy atom. The number of unbranched alkanes of at least 4 members (excludes halogenated alkanes) is 1. The van der Waals surface area contributed by atoms with E-state index in [9.17, 15) is 14.4 Å². The van der Waals surface area contributed by atoms with Crippen LogP contribution in [0.2, 0.25) is 0 Å². The standard InChI is InChI=1S/C22H27N7O5/c1-2-3-11-33-21(31)23-9-10-29(22(32)34-13-16-7-5-4-6-8-16)12-17(30)28-20-18-19(25-14-24-18)26-15-27-20/h4-8,14-15H,2-3,9-13H2,1H3,(H,23,31)(H2,24,25,26,27,28,30). The van der Waals surface area contributed by atoms with Gasteiger partial charge in [-0.05, 0) is 12.0 Å². The lowest BCUT2D eigenvalue weighted by atomic mass is 10.2. The van der Waals surface area contributed by atoms with Gasteiger partial charge in [-0.2, -0.15) is 0 Å². The van der Waals surface area contributed by atoms with Gasteiger partial charge in [0.1, 0.15) is 25.0 Å². The number of H-pyrrole nitrogens is 1. The van der Waals surface area contributed by atoms with Crippen molar-refractivity contribution in [2.75, 3.05) is 31.6 Å². The zero-order chi connectivity index (χ0) is 24.2. The molecule has 2 heterocycles. The number of imidazole rings is 1. The number of fused-ring (bicyclic) bond motifs is 1. The van der Waals surface area contributed by atoms with E-state index in [2.05, 4.69) is 30.6 Å². The second kappa shape index (κ2) is 12.7. The van der Waals surface area contributed by atoms with Crippen molar-refractivity contribution in [2.24, 2.45) is 0 Å². The zero-order valence-electron chi connectivity index (χ0n) is 18.8. The molecule has 3 N–H and O–H groups in total. The number of nitrogens with zero attached hydrogens (tertiary/aromatic N) is 4. The summed E-state index contributed by atoms with van der Waals surface area (Å²) in [7, 11) is 0. The molecule has 3 rings (SSSR count). The number of anilines is 1. The number of aromatic amines is 1. The largest absolute Gasteiger partial charge is 0.450 e. The Labute approximate surface area is 196 Å². The van der Waals surface area contributed by atoms with Crippen LogP contribution >= 0.6 is 0 Å². The number of nitrogens with one attached hydrogen (secondary N) is 3. The van der Waals surface area contributed by atoms with Crippen LogP contribution in [0.25, 0.3) is 11.2 Å². The summed E-state index contributed by atoms with van der Waals surface area (Å²) in [5.74, 6) is -0.264. The van der Waals surface area contributed by atoms with Crippen LogP contribution in [0.5, 0.6) is 0 Å². The van der Waals surface area contributed by atoms with Gasteiger partial charge < -0.3 is 25.1 Å². The summed E-state index contributed by atoms with van der Waals surface area (Å²) in [6.07, 6.45) is 3.10. The van der Waals surface area contributed by atoms with E-state index in [-0.39, 0.29) is 32.1 Å². The van der Waals surface area contributed by atoms with Gasteiger partial charge in [0.15, 0.2) is 11.5 Å². The van der Waals surface area contributed by atoms with Crippen molar-refractivity contribution in [3.8, 4) is 0 Å². The third kappa shape index (κ3) is 7.43. The Hall–Kier alpha value is -4.22. The van der Waals surface area contributed by atoms with E-state index in [0.29, 0.717) is 17.8 Å². The molecule has 0 bridgehead atoms. The van der Waals surface area contributed by atoms with E-state index in [1.54, 1.807) is 0 Å². The highest BCUT2D eigenvalue weighted by Crippen LogP contribution is 2.14. The first kappa shape index (κ1) is 24.4. The summed E-state index contributed by atoms with van der Waals surface area (Å²) < 4.78 is 10.4. The predicted molar refractivity (Wildman–Crippen MR) is 123 cm³/mol.